The van der Waals surface area contributed by atoms with Gasteiger partial charge in [0.2, 0.25) is 5.69 Å². The van der Waals surface area contributed by atoms with Crippen LogP contribution in [0.5, 0.6) is 0 Å². The van der Waals surface area contributed by atoms with E-state index in [9.17, 15) is 14.4 Å². The summed E-state index contributed by atoms with van der Waals surface area (Å²) in [5.74, 6) is 0. The van der Waals surface area contributed by atoms with Crippen molar-refractivity contribution in [1.82, 2.24) is 34.4 Å². The predicted octanol–water partition coefficient (Wildman–Crippen LogP) is 1.13. The zero-order valence-corrected chi connectivity index (χ0v) is 18.3. The SMILES string of the molecule is N#Cc1nn(-c2cc(Cl)c(-n3ncc4c3ccc(=O)n4C3CCNC3)c(Cl)c2)c(=O)[nH]c1=O. The van der Waals surface area contributed by atoms with E-state index >= 15 is 0 Å². The van der Waals surface area contributed by atoms with Gasteiger partial charge in [-0.15, -0.1) is 5.10 Å². The molecule has 0 saturated carbocycles. The fourth-order valence-electron chi connectivity index (χ4n) is 3.98. The molecule has 0 spiro atoms. The first-order chi connectivity index (χ1) is 15.9. The molecule has 1 aliphatic heterocycles. The summed E-state index contributed by atoms with van der Waals surface area (Å²) in [6.07, 6.45) is 2.41. The molecule has 166 valence electrons. The fourth-order valence-corrected chi connectivity index (χ4v) is 4.62. The van der Waals surface area contributed by atoms with Gasteiger partial charge in [0.05, 0.1) is 39.0 Å². The van der Waals surface area contributed by atoms with Crippen LogP contribution >= 0.6 is 23.2 Å². The van der Waals surface area contributed by atoms with Crippen molar-refractivity contribution in [2.45, 2.75) is 12.5 Å². The van der Waals surface area contributed by atoms with Crippen molar-refractivity contribution < 1.29 is 0 Å². The van der Waals surface area contributed by atoms with Crippen molar-refractivity contribution >= 4 is 34.2 Å². The number of hydrogen-bond acceptors (Lipinski definition) is 7. The predicted molar refractivity (Wildman–Crippen MR) is 121 cm³/mol. The molecule has 0 bridgehead atoms. The molecule has 1 aromatic carbocycles. The van der Waals surface area contributed by atoms with Gasteiger partial charge in [-0.25, -0.2) is 9.48 Å². The maximum atomic E-state index is 12.6. The Bertz CT molecular complexity index is 1610. The number of aromatic amines is 1. The van der Waals surface area contributed by atoms with Crippen molar-refractivity contribution in [3.05, 3.63) is 77.4 Å². The standard InChI is InChI=1S/C20H14Cl2N8O3/c21-12-5-11(29-20(33)26-19(32)14(7-23)27-29)6-13(22)18(12)30-15-1-2-17(31)28(16(15)9-25-30)10-3-4-24-8-10/h1-2,5-6,9-10,24H,3-4,8H2,(H,26,32,33). The molecule has 4 aromatic rings. The van der Waals surface area contributed by atoms with E-state index < -0.39 is 16.9 Å². The number of rotatable bonds is 3. The number of halogens is 2. The second-order valence-corrected chi connectivity index (χ2v) is 8.22. The summed E-state index contributed by atoms with van der Waals surface area (Å²) in [7, 11) is 0. The fraction of sp³-hybridized carbons (Fsp3) is 0.200. The third kappa shape index (κ3) is 3.45. The minimum Gasteiger partial charge on any atom is -0.315 e. The van der Waals surface area contributed by atoms with Crippen LogP contribution in [-0.2, 0) is 0 Å². The van der Waals surface area contributed by atoms with Crippen molar-refractivity contribution in [1.29, 1.82) is 5.26 Å². The van der Waals surface area contributed by atoms with Crippen LogP contribution in [0.1, 0.15) is 18.2 Å². The molecule has 1 unspecified atom stereocenters. The quantitative estimate of drug-likeness (QED) is 0.443. The summed E-state index contributed by atoms with van der Waals surface area (Å²) in [5, 5.41) is 20.8. The molecule has 0 radical (unpaired) electrons. The molecule has 2 N–H and O–H groups in total. The summed E-state index contributed by atoms with van der Waals surface area (Å²) in [5.41, 5.74) is -0.587. The van der Waals surface area contributed by atoms with Gasteiger partial charge < -0.3 is 9.88 Å². The number of nitriles is 1. The molecule has 5 rings (SSSR count). The number of benzene rings is 1. The van der Waals surface area contributed by atoms with E-state index in [2.05, 4.69) is 15.5 Å². The van der Waals surface area contributed by atoms with E-state index in [0.29, 0.717) is 23.3 Å². The summed E-state index contributed by atoms with van der Waals surface area (Å²) in [6, 6.07) is 7.60. The van der Waals surface area contributed by atoms with Crippen LogP contribution in [0.3, 0.4) is 0 Å². The summed E-state index contributed by atoms with van der Waals surface area (Å²) >= 11 is 13.1. The summed E-state index contributed by atoms with van der Waals surface area (Å²) in [4.78, 5) is 38.4. The molecule has 1 saturated heterocycles. The maximum absolute atomic E-state index is 12.6. The van der Waals surface area contributed by atoms with E-state index in [1.807, 2.05) is 4.98 Å². The van der Waals surface area contributed by atoms with Gasteiger partial charge in [0, 0.05) is 12.6 Å². The molecule has 0 amide bonds. The van der Waals surface area contributed by atoms with E-state index in [1.54, 1.807) is 22.9 Å². The Morgan fingerprint density at radius 3 is 2.52 bits per heavy atom. The highest BCUT2D eigenvalue weighted by Gasteiger charge is 2.22. The average molecular weight is 485 g/mol. The maximum Gasteiger partial charge on any atom is 0.349 e. The monoisotopic (exact) mass is 484 g/mol. The van der Waals surface area contributed by atoms with E-state index in [4.69, 9.17) is 28.5 Å². The van der Waals surface area contributed by atoms with Crippen molar-refractivity contribution in [3.63, 3.8) is 0 Å². The highest BCUT2D eigenvalue weighted by molar-refractivity contribution is 6.38. The topological polar surface area (TPSA) is 143 Å². The van der Waals surface area contributed by atoms with Crippen LogP contribution in [0.25, 0.3) is 22.4 Å². The molecule has 0 aliphatic carbocycles. The largest absolute Gasteiger partial charge is 0.349 e. The van der Waals surface area contributed by atoms with Crippen molar-refractivity contribution in [2.24, 2.45) is 0 Å². The van der Waals surface area contributed by atoms with Crippen LogP contribution in [0.15, 0.2) is 44.8 Å². The van der Waals surface area contributed by atoms with E-state index in [0.717, 1.165) is 17.6 Å². The Kier molecular flexibility index (Phi) is 5.13. The zero-order chi connectivity index (χ0) is 23.3. The number of hydrogen-bond donors (Lipinski definition) is 2. The summed E-state index contributed by atoms with van der Waals surface area (Å²) < 4.78 is 4.06. The minimum atomic E-state index is -0.890. The Labute approximate surface area is 194 Å². The smallest absolute Gasteiger partial charge is 0.315 e. The van der Waals surface area contributed by atoms with E-state index in [1.165, 1.54) is 22.9 Å². The summed E-state index contributed by atoms with van der Waals surface area (Å²) in [6.45, 7) is 1.51. The Morgan fingerprint density at radius 2 is 1.85 bits per heavy atom. The number of pyridine rings is 1. The molecular weight excluding hydrogens is 471 g/mol. The number of aromatic nitrogens is 6. The first-order valence-electron chi connectivity index (χ1n) is 9.82. The second kappa shape index (κ2) is 8.00. The average Bonchev–Trinajstić information content (AvgIpc) is 3.44. The normalized spacial score (nSPS) is 15.7. The Balaban J connectivity index is 1.67. The minimum absolute atomic E-state index is 0.0136. The highest BCUT2D eigenvalue weighted by atomic mass is 35.5. The number of nitrogens with one attached hydrogen (secondary N) is 2. The molecule has 1 aliphatic rings. The molecular formula is C20H14Cl2N8O3. The lowest BCUT2D eigenvalue weighted by Crippen LogP contribution is -2.33. The molecule has 11 nitrogen and oxygen atoms in total. The van der Waals surface area contributed by atoms with Gasteiger partial charge in [-0.3, -0.25) is 14.6 Å². The van der Waals surface area contributed by atoms with Crippen molar-refractivity contribution in [2.75, 3.05) is 13.1 Å². The zero-order valence-electron chi connectivity index (χ0n) is 16.7. The van der Waals surface area contributed by atoms with Gasteiger partial charge >= 0.3 is 5.69 Å². The molecule has 33 heavy (non-hydrogen) atoms. The van der Waals surface area contributed by atoms with Gasteiger partial charge in [0.25, 0.3) is 11.1 Å². The number of H-pyrrole nitrogens is 1. The first-order valence-corrected chi connectivity index (χ1v) is 10.6. The lowest BCUT2D eigenvalue weighted by molar-refractivity contribution is 0.548. The molecule has 3 aromatic heterocycles. The Hall–Kier alpha value is -3.72. The van der Waals surface area contributed by atoms with Crippen LogP contribution in [-0.4, -0.2) is 42.2 Å². The van der Waals surface area contributed by atoms with Gasteiger partial charge in [-0.1, -0.05) is 23.2 Å². The van der Waals surface area contributed by atoms with Gasteiger partial charge in [-0.2, -0.15) is 15.0 Å². The van der Waals surface area contributed by atoms with Crippen molar-refractivity contribution in [3.8, 4) is 17.4 Å². The first kappa shape index (κ1) is 21.1. The van der Waals surface area contributed by atoms with Gasteiger partial charge in [0.1, 0.15) is 11.8 Å². The molecule has 4 heterocycles. The van der Waals surface area contributed by atoms with Gasteiger partial charge in [-0.05, 0) is 31.2 Å². The third-order valence-electron chi connectivity index (χ3n) is 5.46. The van der Waals surface area contributed by atoms with Crippen LogP contribution in [0.4, 0.5) is 0 Å². The van der Waals surface area contributed by atoms with Crippen LogP contribution in [0.2, 0.25) is 10.0 Å². The van der Waals surface area contributed by atoms with Crippen LogP contribution < -0.4 is 22.1 Å². The number of fused-ring (bicyclic) bond motifs is 1. The lowest BCUT2D eigenvalue weighted by Gasteiger charge is -2.15. The van der Waals surface area contributed by atoms with Crippen LogP contribution in [0, 0.1) is 11.3 Å². The lowest BCUT2D eigenvalue weighted by atomic mass is 10.2. The molecule has 1 fully saturated rings. The van der Waals surface area contributed by atoms with E-state index in [-0.39, 0.29) is 27.3 Å². The van der Waals surface area contributed by atoms with Gasteiger partial charge in [0.15, 0.2) is 0 Å². The Morgan fingerprint density at radius 1 is 1.09 bits per heavy atom. The third-order valence-corrected chi connectivity index (χ3v) is 6.03. The number of nitrogens with zero attached hydrogens (tertiary/aromatic N) is 6. The molecule has 1 atom stereocenters. The molecule has 13 heteroatoms. The highest BCUT2D eigenvalue weighted by Crippen LogP contribution is 2.33. The second-order valence-electron chi connectivity index (χ2n) is 7.40.